The van der Waals surface area contributed by atoms with Gasteiger partial charge in [0.1, 0.15) is 0 Å². The molecule has 130 valence electrons. The van der Waals surface area contributed by atoms with Gasteiger partial charge in [0, 0.05) is 30.0 Å². The van der Waals surface area contributed by atoms with Crippen LogP contribution in [-0.2, 0) is 4.79 Å². The van der Waals surface area contributed by atoms with Crippen LogP contribution in [0.25, 0.3) is 0 Å². The second kappa shape index (κ2) is 7.76. The van der Waals surface area contributed by atoms with Crippen molar-refractivity contribution in [2.45, 2.75) is 19.3 Å². The van der Waals surface area contributed by atoms with Crippen molar-refractivity contribution < 1.29 is 9.59 Å². The molecule has 0 radical (unpaired) electrons. The van der Waals surface area contributed by atoms with E-state index in [0.717, 1.165) is 25.1 Å². The molecule has 2 aromatic carbocycles. The lowest BCUT2D eigenvalue weighted by Gasteiger charge is -2.26. The summed E-state index contributed by atoms with van der Waals surface area (Å²) in [7, 11) is 0. The van der Waals surface area contributed by atoms with E-state index in [-0.39, 0.29) is 11.9 Å². The zero-order valence-electron chi connectivity index (χ0n) is 13.4. The molecule has 1 heterocycles. The number of halogens is 2. The maximum Gasteiger partial charge on any atom is 0.323 e. The van der Waals surface area contributed by atoms with Crippen LogP contribution in [0.15, 0.2) is 42.5 Å². The highest BCUT2D eigenvalue weighted by Crippen LogP contribution is 2.25. The molecular formula is C18H17Cl2N3O2. The van der Waals surface area contributed by atoms with E-state index in [1.807, 2.05) is 12.1 Å². The molecule has 7 heteroatoms. The molecule has 5 nitrogen and oxygen atoms in total. The first-order valence-electron chi connectivity index (χ1n) is 7.96. The van der Waals surface area contributed by atoms with Gasteiger partial charge >= 0.3 is 6.03 Å². The van der Waals surface area contributed by atoms with Crippen LogP contribution in [-0.4, -0.2) is 18.5 Å². The first-order valence-corrected chi connectivity index (χ1v) is 8.72. The van der Waals surface area contributed by atoms with Gasteiger partial charge in [0.2, 0.25) is 5.91 Å². The fraction of sp³-hybridized carbons (Fsp3) is 0.222. The Morgan fingerprint density at radius 3 is 2.28 bits per heavy atom. The molecule has 0 saturated carbocycles. The Balaban J connectivity index is 1.61. The molecule has 0 atom stereocenters. The van der Waals surface area contributed by atoms with Gasteiger partial charge in [0.25, 0.3) is 0 Å². The number of urea groups is 1. The van der Waals surface area contributed by atoms with Crippen LogP contribution in [0.4, 0.5) is 21.9 Å². The van der Waals surface area contributed by atoms with Gasteiger partial charge < -0.3 is 15.5 Å². The zero-order chi connectivity index (χ0) is 17.8. The number of hydrogen-bond acceptors (Lipinski definition) is 2. The third-order valence-electron chi connectivity index (χ3n) is 3.94. The number of amides is 3. The van der Waals surface area contributed by atoms with E-state index in [4.69, 9.17) is 23.2 Å². The molecule has 2 N–H and O–H groups in total. The lowest BCUT2D eigenvalue weighted by atomic mass is 10.1. The Kier molecular flexibility index (Phi) is 5.46. The smallest absolute Gasteiger partial charge is 0.312 e. The van der Waals surface area contributed by atoms with Crippen molar-refractivity contribution in [1.29, 1.82) is 0 Å². The minimum atomic E-state index is -0.389. The number of nitrogens with one attached hydrogen (secondary N) is 2. The first-order chi connectivity index (χ1) is 12.0. The molecule has 3 rings (SSSR count). The third kappa shape index (κ3) is 4.44. The predicted octanol–water partition coefficient (Wildman–Crippen LogP) is 5.15. The monoisotopic (exact) mass is 377 g/mol. The third-order valence-corrected chi connectivity index (χ3v) is 4.68. The molecule has 3 amide bonds. The summed E-state index contributed by atoms with van der Waals surface area (Å²) in [4.78, 5) is 25.8. The fourth-order valence-corrected chi connectivity index (χ4v) is 2.97. The van der Waals surface area contributed by atoms with Crippen LogP contribution in [0.1, 0.15) is 19.3 Å². The van der Waals surface area contributed by atoms with E-state index in [1.165, 1.54) is 0 Å². The fourth-order valence-electron chi connectivity index (χ4n) is 2.67. The predicted molar refractivity (Wildman–Crippen MR) is 102 cm³/mol. The molecular weight excluding hydrogens is 361 g/mol. The Labute approximate surface area is 155 Å². The molecule has 1 aliphatic heterocycles. The summed E-state index contributed by atoms with van der Waals surface area (Å²) in [6, 6.07) is 11.7. The summed E-state index contributed by atoms with van der Waals surface area (Å²) >= 11 is 11.8. The van der Waals surface area contributed by atoms with Gasteiger partial charge in [-0.2, -0.15) is 0 Å². The highest BCUT2D eigenvalue weighted by atomic mass is 35.5. The van der Waals surface area contributed by atoms with Crippen molar-refractivity contribution in [3.05, 3.63) is 52.5 Å². The average Bonchev–Trinajstić information content (AvgIpc) is 2.59. The molecule has 0 bridgehead atoms. The first kappa shape index (κ1) is 17.6. The lowest BCUT2D eigenvalue weighted by molar-refractivity contribution is -0.119. The molecule has 0 aliphatic carbocycles. The van der Waals surface area contributed by atoms with Crippen molar-refractivity contribution in [2.24, 2.45) is 0 Å². The van der Waals surface area contributed by atoms with Crippen molar-refractivity contribution in [2.75, 3.05) is 22.1 Å². The van der Waals surface area contributed by atoms with Crippen LogP contribution >= 0.6 is 23.2 Å². The maximum atomic E-state index is 12.1. The standard InChI is InChI=1S/C18H17Cl2N3O2/c19-15-9-6-13(11-16(15)20)22-18(25)21-12-4-7-14(8-5-12)23-10-2-1-3-17(23)24/h4-9,11H,1-3,10H2,(H2,21,22,25). The molecule has 1 saturated heterocycles. The highest BCUT2D eigenvalue weighted by Gasteiger charge is 2.19. The average molecular weight is 378 g/mol. The summed E-state index contributed by atoms with van der Waals surface area (Å²) in [6.07, 6.45) is 2.55. The summed E-state index contributed by atoms with van der Waals surface area (Å²) in [5.74, 6) is 0.143. The van der Waals surface area contributed by atoms with Gasteiger partial charge in [-0.25, -0.2) is 4.79 Å². The summed E-state index contributed by atoms with van der Waals surface area (Å²) in [6.45, 7) is 0.740. The van der Waals surface area contributed by atoms with Gasteiger partial charge in [0.15, 0.2) is 0 Å². The van der Waals surface area contributed by atoms with E-state index in [1.54, 1.807) is 35.2 Å². The van der Waals surface area contributed by atoms with Crippen LogP contribution in [0, 0.1) is 0 Å². The van der Waals surface area contributed by atoms with E-state index in [2.05, 4.69) is 10.6 Å². The highest BCUT2D eigenvalue weighted by molar-refractivity contribution is 6.42. The van der Waals surface area contributed by atoms with Crippen LogP contribution in [0.2, 0.25) is 10.0 Å². The Morgan fingerprint density at radius 1 is 0.920 bits per heavy atom. The lowest BCUT2D eigenvalue weighted by Crippen LogP contribution is -2.35. The number of carbonyl (C=O) groups is 2. The number of benzene rings is 2. The number of carbonyl (C=O) groups excluding carboxylic acids is 2. The van der Waals surface area contributed by atoms with Crippen molar-refractivity contribution >= 4 is 52.2 Å². The Hall–Kier alpha value is -2.24. The van der Waals surface area contributed by atoms with Gasteiger partial charge in [-0.15, -0.1) is 0 Å². The molecule has 1 aliphatic rings. The topological polar surface area (TPSA) is 61.4 Å². The molecule has 0 spiro atoms. The largest absolute Gasteiger partial charge is 0.323 e. The van der Waals surface area contributed by atoms with Crippen LogP contribution in [0.5, 0.6) is 0 Å². The number of anilines is 3. The van der Waals surface area contributed by atoms with Gasteiger partial charge in [-0.1, -0.05) is 23.2 Å². The normalized spacial score (nSPS) is 14.3. The second-order valence-corrected chi connectivity index (χ2v) is 6.57. The molecule has 1 fully saturated rings. The van der Waals surface area contributed by atoms with E-state index < -0.39 is 0 Å². The number of piperidine rings is 1. The number of rotatable bonds is 3. The zero-order valence-corrected chi connectivity index (χ0v) is 14.9. The Morgan fingerprint density at radius 2 is 1.60 bits per heavy atom. The van der Waals surface area contributed by atoms with Gasteiger partial charge in [-0.3, -0.25) is 4.79 Å². The summed E-state index contributed by atoms with van der Waals surface area (Å²) < 4.78 is 0. The van der Waals surface area contributed by atoms with E-state index >= 15 is 0 Å². The van der Waals surface area contributed by atoms with Crippen molar-refractivity contribution in [3.8, 4) is 0 Å². The summed E-state index contributed by atoms with van der Waals surface area (Å²) in [5.41, 5.74) is 2.02. The second-order valence-electron chi connectivity index (χ2n) is 5.76. The molecule has 25 heavy (non-hydrogen) atoms. The van der Waals surface area contributed by atoms with Gasteiger partial charge in [0.05, 0.1) is 10.0 Å². The van der Waals surface area contributed by atoms with Crippen LogP contribution in [0.3, 0.4) is 0 Å². The molecule has 0 unspecified atom stereocenters. The SMILES string of the molecule is O=C(Nc1ccc(N2CCCCC2=O)cc1)Nc1ccc(Cl)c(Cl)c1. The van der Waals surface area contributed by atoms with Gasteiger partial charge in [-0.05, 0) is 55.3 Å². The molecule has 2 aromatic rings. The quantitative estimate of drug-likeness (QED) is 0.776. The summed E-state index contributed by atoms with van der Waals surface area (Å²) in [5, 5.41) is 6.22. The van der Waals surface area contributed by atoms with Crippen molar-refractivity contribution in [3.63, 3.8) is 0 Å². The number of hydrogen-bond donors (Lipinski definition) is 2. The van der Waals surface area contributed by atoms with E-state index in [9.17, 15) is 9.59 Å². The Bertz CT molecular complexity index is 793. The maximum absolute atomic E-state index is 12.1. The minimum absolute atomic E-state index is 0.143. The van der Waals surface area contributed by atoms with Crippen molar-refractivity contribution in [1.82, 2.24) is 0 Å². The van der Waals surface area contributed by atoms with Crippen LogP contribution < -0.4 is 15.5 Å². The number of nitrogens with zero attached hydrogens (tertiary/aromatic N) is 1. The minimum Gasteiger partial charge on any atom is -0.312 e. The molecule has 0 aromatic heterocycles. The van der Waals surface area contributed by atoms with E-state index in [0.29, 0.717) is 27.8 Å².